The zero-order valence-electron chi connectivity index (χ0n) is 12.1. The Morgan fingerprint density at radius 2 is 2.30 bits per heavy atom. The number of aromatic nitrogens is 2. The van der Waals surface area contributed by atoms with Crippen molar-refractivity contribution < 1.29 is 9.59 Å². The van der Waals surface area contributed by atoms with E-state index in [4.69, 9.17) is 0 Å². The molecule has 0 unspecified atom stereocenters. The average Bonchev–Trinajstić information content (AvgIpc) is 2.93. The Kier molecular flexibility index (Phi) is 4.76. The second-order valence-corrected chi connectivity index (χ2v) is 5.18. The number of fused-ring (bicyclic) bond motifs is 1. The van der Waals surface area contributed by atoms with Gasteiger partial charge in [0.1, 0.15) is 0 Å². The fourth-order valence-corrected chi connectivity index (χ4v) is 2.53. The van der Waals surface area contributed by atoms with Crippen LogP contribution >= 0.6 is 0 Å². The van der Waals surface area contributed by atoms with E-state index in [9.17, 15) is 9.59 Å². The maximum Gasteiger partial charge on any atom is 0.222 e. The molecule has 0 fully saturated rings. The van der Waals surface area contributed by atoms with Gasteiger partial charge in [-0.05, 0) is 12.5 Å². The van der Waals surface area contributed by atoms with E-state index in [2.05, 4.69) is 17.3 Å². The number of amides is 2. The van der Waals surface area contributed by atoms with Crippen molar-refractivity contribution >= 4 is 11.8 Å². The molecule has 0 aliphatic carbocycles. The van der Waals surface area contributed by atoms with Gasteiger partial charge in [0, 0.05) is 26.2 Å². The summed E-state index contributed by atoms with van der Waals surface area (Å²) in [6.07, 6.45) is 4.58. The van der Waals surface area contributed by atoms with Gasteiger partial charge in [-0.3, -0.25) is 14.3 Å². The van der Waals surface area contributed by atoms with E-state index >= 15 is 0 Å². The van der Waals surface area contributed by atoms with Crippen molar-refractivity contribution in [3.63, 3.8) is 0 Å². The van der Waals surface area contributed by atoms with E-state index in [0.717, 1.165) is 18.5 Å². The highest BCUT2D eigenvalue weighted by Crippen LogP contribution is 2.23. The lowest BCUT2D eigenvalue weighted by Gasteiger charge is -2.33. The Morgan fingerprint density at radius 3 is 3.00 bits per heavy atom. The van der Waals surface area contributed by atoms with E-state index in [0.29, 0.717) is 25.9 Å². The molecule has 0 saturated carbocycles. The van der Waals surface area contributed by atoms with Crippen LogP contribution in [-0.2, 0) is 16.1 Å². The highest BCUT2D eigenvalue weighted by Gasteiger charge is 2.29. The maximum atomic E-state index is 12.2. The van der Waals surface area contributed by atoms with Gasteiger partial charge in [0.2, 0.25) is 11.8 Å². The summed E-state index contributed by atoms with van der Waals surface area (Å²) in [5.74, 6) is 0.139. The second kappa shape index (κ2) is 6.54. The summed E-state index contributed by atoms with van der Waals surface area (Å²) in [4.78, 5) is 25.6. The average molecular weight is 278 g/mol. The molecule has 2 amide bonds. The highest BCUT2D eigenvalue weighted by molar-refractivity contribution is 5.77. The Bertz CT molecular complexity index is 483. The minimum Gasteiger partial charge on any atom is -0.359 e. The van der Waals surface area contributed by atoms with Gasteiger partial charge in [-0.1, -0.05) is 13.3 Å². The number of hydrogen-bond donors (Lipinski definition) is 1. The minimum absolute atomic E-state index is 0.0284. The quantitative estimate of drug-likeness (QED) is 0.876. The maximum absolute atomic E-state index is 12.2. The van der Waals surface area contributed by atoms with Gasteiger partial charge < -0.3 is 10.2 Å². The number of nitrogens with zero attached hydrogens (tertiary/aromatic N) is 3. The van der Waals surface area contributed by atoms with Crippen molar-refractivity contribution in [1.29, 1.82) is 0 Å². The first kappa shape index (κ1) is 14.6. The molecule has 0 radical (unpaired) electrons. The molecule has 1 aromatic heterocycles. The molecule has 2 rings (SSSR count). The summed E-state index contributed by atoms with van der Waals surface area (Å²) >= 11 is 0. The largest absolute Gasteiger partial charge is 0.359 e. The lowest BCUT2D eigenvalue weighted by atomic mass is 10.1. The van der Waals surface area contributed by atoms with Gasteiger partial charge in [-0.2, -0.15) is 5.10 Å². The predicted molar refractivity (Wildman–Crippen MR) is 74.9 cm³/mol. The van der Waals surface area contributed by atoms with Crippen LogP contribution in [0, 0.1) is 0 Å². The van der Waals surface area contributed by atoms with Gasteiger partial charge in [-0.15, -0.1) is 0 Å². The third kappa shape index (κ3) is 3.18. The fourth-order valence-electron chi connectivity index (χ4n) is 2.53. The summed E-state index contributed by atoms with van der Waals surface area (Å²) in [5, 5.41) is 6.91. The smallest absolute Gasteiger partial charge is 0.222 e. The summed E-state index contributed by atoms with van der Waals surface area (Å²) < 4.78 is 1.87. The van der Waals surface area contributed by atoms with Crippen LogP contribution in [0.3, 0.4) is 0 Å². The van der Waals surface area contributed by atoms with Crippen LogP contribution < -0.4 is 5.32 Å². The molecule has 0 bridgehead atoms. The standard InChI is InChI=1S/C14H22N4O2/c1-3-4-5-14(20)17-9-11-6-7-16-18(11)12(10-17)8-13(19)15-2/h6-7,12H,3-5,8-10H2,1-2H3,(H,15,19)/t12-/m1/s1. The van der Waals surface area contributed by atoms with Gasteiger partial charge >= 0.3 is 0 Å². The zero-order valence-corrected chi connectivity index (χ0v) is 12.1. The first-order chi connectivity index (χ1) is 9.65. The summed E-state index contributed by atoms with van der Waals surface area (Å²) in [7, 11) is 1.62. The van der Waals surface area contributed by atoms with Gasteiger partial charge in [-0.25, -0.2) is 0 Å². The Labute approximate surface area is 119 Å². The molecule has 2 heterocycles. The van der Waals surface area contributed by atoms with E-state index in [-0.39, 0.29) is 17.9 Å². The highest BCUT2D eigenvalue weighted by atomic mass is 16.2. The van der Waals surface area contributed by atoms with Crippen molar-refractivity contribution in [2.45, 2.75) is 45.2 Å². The number of rotatable bonds is 5. The third-order valence-electron chi connectivity index (χ3n) is 3.68. The molecular formula is C14H22N4O2. The zero-order chi connectivity index (χ0) is 14.5. The lowest BCUT2D eigenvalue weighted by molar-refractivity contribution is -0.134. The monoisotopic (exact) mass is 278 g/mol. The lowest BCUT2D eigenvalue weighted by Crippen LogP contribution is -2.42. The van der Waals surface area contributed by atoms with E-state index in [1.165, 1.54) is 0 Å². The van der Waals surface area contributed by atoms with E-state index in [1.54, 1.807) is 13.2 Å². The van der Waals surface area contributed by atoms with Crippen molar-refractivity contribution in [1.82, 2.24) is 20.0 Å². The van der Waals surface area contributed by atoms with Crippen LogP contribution in [0.4, 0.5) is 0 Å². The molecule has 0 saturated heterocycles. The van der Waals surface area contributed by atoms with Gasteiger partial charge in [0.25, 0.3) is 0 Å². The minimum atomic E-state index is -0.0701. The summed E-state index contributed by atoms with van der Waals surface area (Å²) in [6.45, 7) is 3.23. The summed E-state index contributed by atoms with van der Waals surface area (Å²) in [5.41, 5.74) is 0.995. The number of nitrogens with one attached hydrogen (secondary N) is 1. The SMILES string of the molecule is CCCCC(=O)N1Cc2ccnn2[C@H](CC(=O)NC)C1. The van der Waals surface area contributed by atoms with Crippen LogP contribution in [0.25, 0.3) is 0 Å². The molecule has 0 aromatic carbocycles. The second-order valence-electron chi connectivity index (χ2n) is 5.18. The third-order valence-corrected chi connectivity index (χ3v) is 3.68. The number of carbonyl (C=O) groups excluding carboxylic acids is 2. The first-order valence-corrected chi connectivity index (χ1v) is 7.16. The predicted octanol–water partition coefficient (Wildman–Crippen LogP) is 1.09. The molecule has 6 nitrogen and oxygen atoms in total. The van der Waals surface area contributed by atoms with Crippen LogP contribution in [0.5, 0.6) is 0 Å². The Morgan fingerprint density at radius 1 is 1.50 bits per heavy atom. The first-order valence-electron chi connectivity index (χ1n) is 7.16. The Balaban J connectivity index is 2.09. The fraction of sp³-hybridized carbons (Fsp3) is 0.643. The van der Waals surface area contributed by atoms with Crippen LogP contribution in [-0.4, -0.2) is 40.1 Å². The molecule has 110 valence electrons. The number of unbranched alkanes of at least 4 members (excludes halogenated alkanes) is 1. The molecule has 1 aliphatic heterocycles. The number of hydrogen-bond acceptors (Lipinski definition) is 3. The number of carbonyl (C=O) groups is 2. The van der Waals surface area contributed by atoms with Crippen molar-refractivity contribution in [3.05, 3.63) is 18.0 Å². The molecule has 1 aliphatic rings. The molecule has 6 heteroatoms. The van der Waals surface area contributed by atoms with Gasteiger partial charge in [0.05, 0.1) is 24.7 Å². The van der Waals surface area contributed by atoms with Crippen molar-refractivity contribution in [3.8, 4) is 0 Å². The van der Waals surface area contributed by atoms with Crippen LogP contribution in [0.2, 0.25) is 0 Å². The van der Waals surface area contributed by atoms with E-state index in [1.807, 2.05) is 15.6 Å². The summed E-state index contributed by atoms with van der Waals surface area (Å²) in [6, 6.07) is 1.84. The molecular weight excluding hydrogens is 256 g/mol. The van der Waals surface area contributed by atoms with Crippen LogP contribution in [0.1, 0.15) is 44.3 Å². The topological polar surface area (TPSA) is 67.2 Å². The van der Waals surface area contributed by atoms with Crippen LogP contribution in [0.15, 0.2) is 12.3 Å². The molecule has 1 aromatic rings. The van der Waals surface area contributed by atoms with Crippen molar-refractivity contribution in [2.75, 3.05) is 13.6 Å². The molecule has 0 spiro atoms. The molecule has 1 N–H and O–H groups in total. The normalized spacial score (nSPS) is 17.7. The molecule has 1 atom stereocenters. The van der Waals surface area contributed by atoms with Crippen molar-refractivity contribution in [2.24, 2.45) is 0 Å². The molecule has 20 heavy (non-hydrogen) atoms. The Hall–Kier alpha value is -1.85. The van der Waals surface area contributed by atoms with Gasteiger partial charge in [0.15, 0.2) is 0 Å². The van der Waals surface area contributed by atoms with E-state index < -0.39 is 0 Å².